The van der Waals surface area contributed by atoms with Crippen LogP contribution < -0.4 is 5.32 Å². The van der Waals surface area contributed by atoms with E-state index in [-0.39, 0.29) is 17.4 Å². The molecule has 1 N–H and O–H groups in total. The highest BCUT2D eigenvalue weighted by Gasteiger charge is 2.42. The van der Waals surface area contributed by atoms with Crippen molar-refractivity contribution in [3.8, 4) is 0 Å². The molecule has 98 valence electrons. The molecule has 17 heavy (non-hydrogen) atoms. The van der Waals surface area contributed by atoms with Gasteiger partial charge in [-0.25, -0.2) is 8.42 Å². The first kappa shape index (κ1) is 12.8. The molecule has 2 saturated heterocycles. The summed E-state index contributed by atoms with van der Waals surface area (Å²) in [5.41, 5.74) is -0.429. The Morgan fingerprint density at radius 1 is 1.35 bits per heavy atom. The molecule has 2 fully saturated rings. The Morgan fingerprint density at radius 3 is 2.47 bits per heavy atom. The minimum absolute atomic E-state index is 0.0902. The van der Waals surface area contributed by atoms with Crippen molar-refractivity contribution in [2.45, 2.75) is 31.7 Å². The highest BCUT2D eigenvalue weighted by Crippen LogP contribution is 2.26. The SMILES string of the molecule is CCC1(C(=O)N2CCS(=O)(=O)CC2)CCCN1. The van der Waals surface area contributed by atoms with Crippen molar-refractivity contribution in [3.63, 3.8) is 0 Å². The Bertz CT molecular complexity index is 385. The highest BCUT2D eigenvalue weighted by atomic mass is 32.2. The Hall–Kier alpha value is -0.620. The molecule has 1 unspecified atom stereocenters. The summed E-state index contributed by atoms with van der Waals surface area (Å²) in [6.45, 7) is 3.60. The summed E-state index contributed by atoms with van der Waals surface area (Å²) < 4.78 is 22.7. The van der Waals surface area contributed by atoms with Crippen LogP contribution in [0, 0.1) is 0 Å². The summed E-state index contributed by atoms with van der Waals surface area (Å²) in [5, 5.41) is 3.30. The molecular weight excluding hydrogens is 240 g/mol. The molecule has 2 aliphatic heterocycles. The monoisotopic (exact) mass is 260 g/mol. The number of nitrogens with zero attached hydrogens (tertiary/aromatic N) is 1. The Balaban J connectivity index is 2.05. The topological polar surface area (TPSA) is 66.5 Å². The van der Waals surface area contributed by atoms with Gasteiger partial charge < -0.3 is 10.2 Å². The molecule has 6 heteroatoms. The van der Waals surface area contributed by atoms with E-state index < -0.39 is 15.4 Å². The minimum atomic E-state index is -2.91. The van der Waals surface area contributed by atoms with Crippen molar-refractivity contribution >= 4 is 15.7 Å². The molecule has 0 bridgehead atoms. The maximum atomic E-state index is 12.4. The lowest BCUT2D eigenvalue weighted by atomic mass is 9.92. The predicted molar refractivity (Wildman–Crippen MR) is 65.5 cm³/mol. The molecule has 5 nitrogen and oxygen atoms in total. The molecule has 0 aliphatic carbocycles. The molecule has 0 spiro atoms. The van der Waals surface area contributed by atoms with Gasteiger partial charge in [0.25, 0.3) is 0 Å². The lowest BCUT2D eigenvalue weighted by molar-refractivity contribution is -0.137. The van der Waals surface area contributed by atoms with Crippen molar-refractivity contribution in [2.24, 2.45) is 0 Å². The van der Waals surface area contributed by atoms with Gasteiger partial charge in [-0.05, 0) is 25.8 Å². The first-order valence-corrected chi connectivity index (χ1v) is 8.06. The molecule has 2 aliphatic rings. The third-order valence-corrected chi connectivity index (χ3v) is 5.50. The van der Waals surface area contributed by atoms with Gasteiger partial charge in [0.2, 0.25) is 5.91 Å². The smallest absolute Gasteiger partial charge is 0.242 e. The van der Waals surface area contributed by atoms with Crippen molar-refractivity contribution in [3.05, 3.63) is 0 Å². The number of sulfone groups is 1. The van der Waals surface area contributed by atoms with Crippen LogP contribution in [0.5, 0.6) is 0 Å². The number of amides is 1. The van der Waals surface area contributed by atoms with E-state index >= 15 is 0 Å². The molecule has 0 aromatic carbocycles. The van der Waals surface area contributed by atoms with Crippen LogP contribution in [0.25, 0.3) is 0 Å². The van der Waals surface area contributed by atoms with Crippen molar-refractivity contribution < 1.29 is 13.2 Å². The molecule has 0 aromatic heterocycles. The van der Waals surface area contributed by atoms with E-state index in [1.165, 1.54) is 0 Å². The summed E-state index contributed by atoms with van der Waals surface area (Å²) in [4.78, 5) is 14.1. The standard InChI is InChI=1S/C11H20N2O3S/c1-2-11(4-3-5-12-11)10(14)13-6-8-17(15,16)9-7-13/h12H,2-9H2,1H3. The molecular formula is C11H20N2O3S. The summed E-state index contributed by atoms with van der Waals surface area (Å²) in [7, 11) is -2.91. The fourth-order valence-corrected chi connectivity index (χ4v) is 3.86. The van der Waals surface area contributed by atoms with Gasteiger partial charge in [0.1, 0.15) is 0 Å². The van der Waals surface area contributed by atoms with E-state index in [9.17, 15) is 13.2 Å². The second-order valence-corrected chi connectivity index (χ2v) is 7.21. The van der Waals surface area contributed by atoms with Gasteiger partial charge in [-0.3, -0.25) is 4.79 Å². The number of carbonyl (C=O) groups excluding carboxylic acids is 1. The fraction of sp³-hybridized carbons (Fsp3) is 0.909. The van der Waals surface area contributed by atoms with E-state index in [0.717, 1.165) is 25.8 Å². The van der Waals surface area contributed by atoms with Gasteiger partial charge in [-0.2, -0.15) is 0 Å². The van der Waals surface area contributed by atoms with E-state index in [4.69, 9.17) is 0 Å². The molecule has 0 saturated carbocycles. The van der Waals surface area contributed by atoms with E-state index in [0.29, 0.717) is 13.1 Å². The van der Waals surface area contributed by atoms with Gasteiger partial charge in [-0.15, -0.1) is 0 Å². The van der Waals surface area contributed by atoms with Crippen molar-refractivity contribution in [1.29, 1.82) is 0 Å². The predicted octanol–water partition coefficient (Wildman–Crippen LogP) is -0.224. The summed E-state index contributed by atoms with van der Waals surface area (Å²) in [6, 6.07) is 0. The van der Waals surface area contributed by atoms with E-state index in [1.54, 1.807) is 4.90 Å². The van der Waals surface area contributed by atoms with Crippen molar-refractivity contribution in [1.82, 2.24) is 10.2 Å². The van der Waals surface area contributed by atoms with Gasteiger partial charge in [0.15, 0.2) is 9.84 Å². The number of hydrogen-bond acceptors (Lipinski definition) is 4. The zero-order valence-corrected chi connectivity index (χ0v) is 11.1. The number of carbonyl (C=O) groups is 1. The molecule has 1 atom stereocenters. The second-order valence-electron chi connectivity index (χ2n) is 4.91. The molecule has 0 radical (unpaired) electrons. The normalized spacial score (nSPS) is 32.6. The van der Waals surface area contributed by atoms with Crippen LogP contribution in [0.1, 0.15) is 26.2 Å². The minimum Gasteiger partial charge on any atom is -0.339 e. The summed E-state index contributed by atoms with van der Waals surface area (Å²) in [5.74, 6) is 0.309. The Morgan fingerprint density at radius 2 is 2.00 bits per heavy atom. The van der Waals surface area contributed by atoms with Gasteiger partial charge in [0, 0.05) is 13.1 Å². The van der Waals surface area contributed by atoms with Gasteiger partial charge >= 0.3 is 0 Å². The van der Waals surface area contributed by atoms with Gasteiger partial charge in [-0.1, -0.05) is 6.92 Å². The van der Waals surface area contributed by atoms with Crippen LogP contribution in [0.15, 0.2) is 0 Å². The fourth-order valence-electron chi connectivity index (χ4n) is 2.66. The maximum absolute atomic E-state index is 12.4. The lowest BCUT2D eigenvalue weighted by Crippen LogP contribution is -2.57. The zero-order chi connectivity index (χ0) is 12.5. The van der Waals surface area contributed by atoms with Gasteiger partial charge in [0.05, 0.1) is 17.0 Å². The first-order chi connectivity index (χ1) is 7.99. The lowest BCUT2D eigenvalue weighted by Gasteiger charge is -2.35. The summed E-state index contributed by atoms with van der Waals surface area (Å²) in [6.07, 6.45) is 2.66. The average Bonchev–Trinajstić information content (AvgIpc) is 2.78. The van der Waals surface area contributed by atoms with Crippen LogP contribution in [-0.4, -0.2) is 55.9 Å². The maximum Gasteiger partial charge on any atom is 0.242 e. The van der Waals surface area contributed by atoms with Crippen LogP contribution in [0.4, 0.5) is 0 Å². The summed E-state index contributed by atoms with van der Waals surface area (Å²) >= 11 is 0. The molecule has 0 aromatic rings. The quantitative estimate of drug-likeness (QED) is 0.745. The Kier molecular flexibility index (Phi) is 3.45. The van der Waals surface area contributed by atoms with Crippen LogP contribution in [0.3, 0.4) is 0 Å². The zero-order valence-electron chi connectivity index (χ0n) is 10.2. The highest BCUT2D eigenvalue weighted by molar-refractivity contribution is 7.91. The number of rotatable bonds is 2. The first-order valence-electron chi connectivity index (χ1n) is 6.24. The number of hydrogen-bond donors (Lipinski definition) is 1. The molecule has 2 heterocycles. The van der Waals surface area contributed by atoms with Crippen LogP contribution in [0.2, 0.25) is 0 Å². The third-order valence-electron chi connectivity index (χ3n) is 3.89. The Labute approximate surface area is 102 Å². The van der Waals surface area contributed by atoms with E-state index in [2.05, 4.69) is 5.32 Å². The van der Waals surface area contributed by atoms with Crippen molar-refractivity contribution in [2.75, 3.05) is 31.1 Å². The van der Waals surface area contributed by atoms with Crippen LogP contribution >= 0.6 is 0 Å². The van der Waals surface area contributed by atoms with E-state index in [1.807, 2.05) is 6.92 Å². The average molecular weight is 260 g/mol. The third kappa shape index (κ3) is 2.47. The molecule has 2 rings (SSSR count). The number of nitrogens with one attached hydrogen (secondary N) is 1. The second kappa shape index (κ2) is 4.57. The van der Waals surface area contributed by atoms with Crippen LogP contribution in [-0.2, 0) is 14.6 Å². The molecule has 1 amide bonds. The largest absolute Gasteiger partial charge is 0.339 e.